The van der Waals surface area contributed by atoms with Gasteiger partial charge in [0, 0.05) is 0 Å². The Hall–Kier alpha value is -0.890. The number of benzene rings is 1. The van der Waals surface area contributed by atoms with Crippen molar-refractivity contribution in [1.29, 1.82) is 0 Å². The lowest BCUT2D eigenvalue weighted by molar-refractivity contribution is 0.0572. The average Bonchev–Trinajstić information content (AvgIpc) is 3.11. The van der Waals surface area contributed by atoms with Crippen molar-refractivity contribution in [2.24, 2.45) is 5.41 Å². The van der Waals surface area contributed by atoms with Crippen LogP contribution in [0.3, 0.4) is 0 Å². The molecule has 0 saturated heterocycles. The van der Waals surface area contributed by atoms with Crippen LogP contribution < -0.4 is 0 Å². The highest BCUT2D eigenvalue weighted by Gasteiger charge is 2.42. The molecule has 0 amide bonds. The monoisotopic (exact) mass is 236 g/mol. The Morgan fingerprint density at radius 3 is 2.59 bits per heavy atom. The number of hydrogen-bond donors (Lipinski definition) is 0. The van der Waals surface area contributed by atoms with E-state index in [1.54, 1.807) is 0 Å². The van der Waals surface area contributed by atoms with E-state index < -0.39 is 6.17 Å². The third-order valence-corrected chi connectivity index (χ3v) is 3.77. The molecule has 0 bridgehead atoms. The van der Waals surface area contributed by atoms with E-state index in [4.69, 9.17) is 4.74 Å². The molecule has 0 aliphatic heterocycles. The number of halogens is 1. The number of rotatable bonds is 7. The Balaban J connectivity index is 1.65. The van der Waals surface area contributed by atoms with Crippen LogP contribution in [0.2, 0.25) is 0 Å². The maximum Gasteiger partial charge on any atom is 0.124 e. The molecule has 0 radical (unpaired) electrons. The van der Waals surface area contributed by atoms with Crippen LogP contribution in [0.1, 0.15) is 38.2 Å². The maximum atomic E-state index is 13.7. The second-order valence-corrected chi connectivity index (χ2v) is 5.16. The summed E-state index contributed by atoms with van der Waals surface area (Å²) in [5, 5.41) is 0. The molecule has 17 heavy (non-hydrogen) atoms. The van der Waals surface area contributed by atoms with Gasteiger partial charge in [0.25, 0.3) is 0 Å². The van der Waals surface area contributed by atoms with E-state index in [0.717, 1.165) is 12.0 Å². The molecule has 94 valence electrons. The fraction of sp³-hybridized carbons (Fsp3) is 0.600. The SMILES string of the molecule is CCC1(CC(F)COCc2ccccc2)CC1. The molecule has 1 aliphatic rings. The van der Waals surface area contributed by atoms with Crippen molar-refractivity contribution in [2.75, 3.05) is 6.61 Å². The zero-order chi connectivity index (χ0) is 12.1. The summed E-state index contributed by atoms with van der Waals surface area (Å²) >= 11 is 0. The highest BCUT2D eigenvalue weighted by molar-refractivity contribution is 5.13. The standard InChI is InChI=1S/C15H21FO/c1-2-15(8-9-15)10-14(16)12-17-11-13-6-4-3-5-7-13/h3-7,14H,2,8-12H2,1H3. The van der Waals surface area contributed by atoms with Crippen molar-refractivity contribution in [3.8, 4) is 0 Å². The van der Waals surface area contributed by atoms with E-state index in [-0.39, 0.29) is 6.61 Å². The van der Waals surface area contributed by atoms with Gasteiger partial charge in [-0.1, -0.05) is 43.7 Å². The zero-order valence-electron chi connectivity index (χ0n) is 10.5. The van der Waals surface area contributed by atoms with Crippen LogP contribution in [0.4, 0.5) is 4.39 Å². The topological polar surface area (TPSA) is 9.23 Å². The van der Waals surface area contributed by atoms with Gasteiger partial charge < -0.3 is 4.74 Å². The van der Waals surface area contributed by atoms with Gasteiger partial charge in [-0.25, -0.2) is 4.39 Å². The lowest BCUT2D eigenvalue weighted by Crippen LogP contribution is -2.16. The van der Waals surface area contributed by atoms with Crippen molar-refractivity contribution in [3.63, 3.8) is 0 Å². The predicted molar refractivity (Wildman–Crippen MR) is 67.6 cm³/mol. The van der Waals surface area contributed by atoms with Crippen molar-refractivity contribution < 1.29 is 9.13 Å². The van der Waals surface area contributed by atoms with Crippen molar-refractivity contribution in [3.05, 3.63) is 35.9 Å². The van der Waals surface area contributed by atoms with Gasteiger partial charge in [-0.15, -0.1) is 0 Å². The molecule has 1 aliphatic carbocycles. The summed E-state index contributed by atoms with van der Waals surface area (Å²) in [7, 11) is 0. The van der Waals surface area contributed by atoms with Crippen molar-refractivity contribution in [1.82, 2.24) is 0 Å². The van der Waals surface area contributed by atoms with Gasteiger partial charge >= 0.3 is 0 Å². The first-order chi connectivity index (χ1) is 8.24. The van der Waals surface area contributed by atoms with Gasteiger partial charge in [-0.05, 0) is 30.2 Å². The lowest BCUT2D eigenvalue weighted by atomic mass is 9.96. The van der Waals surface area contributed by atoms with Gasteiger partial charge in [-0.2, -0.15) is 0 Å². The molecule has 2 heteroatoms. The molecule has 1 aromatic carbocycles. The summed E-state index contributed by atoms with van der Waals surface area (Å²) in [5.74, 6) is 0. The van der Waals surface area contributed by atoms with E-state index in [1.165, 1.54) is 12.8 Å². The summed E-state index contributed by atoms with van der Waals surface area (Å²) in [6.45, 7) is 2.90. The molecule has 1 saturated carbocycles. The molecular weight excluding hydrogens is 215 g/mol. The van der Waals surface area contributed by atoms with Crippen LogP contribution in [-0.4, -0.2) is 12.8 Å². The molecule has 1 fully saturated rings. The van der Waals surface area contributed by atoms with Crippen LogP contribution in [0.15, 0.2) is 30.3 Å². The first kappa shape index (κ1) is 12.6. The van der Waals surface area contributed by atoms with Crippen LogP contribution in [0.25, 0.3) is 0 Å². The highest BCUT2D eigenvalue weighted by Crippen LogP contribution is 2.52. The minimum Gasteiger partial charge on any atom is -0.374 e. The minimum atomic E-state index is -0.804. The van der Waals surface area contributed by atoms with Crippen LogP contribution in [0.5, 0.6) is 0 Å². The first-order valence-electron chi connectivity index (χ1n) is 6.50. The van der Waals surface area contributed by atoms with Gasteiger partial charge in [0.2, 0.25) is 0 Å². The maximum absolute atomic E-state index is 13.7. The van der Waals surface area contributed by atoms with Gasteiger partial charge in [-0.3, -0.25) is 0 Å². The molecule has 1 nitrogen and oxygen atoms in total. The molecule has 0 heterocycles. The van der Waals surface area contributed by atoms with Gasteiger partial charge in [0.1, 0.15) is 6.17 Å². The Morgan fingerprint density at radius 2 is 2.00 bits per heavy atom. The third kappa shape index (κ3) is 3.81. The molecule has 0 aromatic heterocycles. The largest absolute Gasteiger partial charge is 0.374 e. The van der Waals surface area contributed by atoms with Crippen LogP contribution in [0, 0.1) is 5.41 Å². The molecule has 1 atom stereocenters. The summed E-state index contributed by atoms with van der Waals surface area (Å²) in [5.41, 5.74) is 1.42. The Morgan fingerprint density at radius 1 is 1.29 bits per heavy atom. The van der Waals surface area contributed by atoms with Crippen molar-refractivity contribution in [2.45, 2.75) is 45.4 Å². The lowest BCUT2D eigenvalue weighted by Gasteiger charge is -2.16. The van der Waals surface area contributed by atoms with E-state index in [0.29, 0.717) is 18.4 Å². The quantitative estimate of drug-likeness (QED) is 0.692. The zero-order valence-corrected chi connectivity index (χ0v) is 10.5. The molecule has 0 spiro atoms. The first-order valence-corrected chi connectivity index (χ1v) is 6.50. The Labute approximate surface area is 103 Å². The van der Waals surface area contributed by atoms with Gasteiger partial charge in [0.05, 0.1) is 13.2 Å². The summed E-state index contributed by atoms with van der Waals surface area (Å²) < 4.78 is 19.1. The second-order valence-electron chi connectivity index (χ2n) is 5.16. The fourth-order valence-electron chi connectivity index (χ4n) is 2.29. The summed E-state index contributed by atoms with van der Waals surface area (Å²) in [6.07, 6.45) is 3.37. The number of hydrogen-bond acceptors (Lipinski definition) is 1. The third-order valence-electron chi connectivity index (χ3n) is 3.77. The van der Waals surface area contributed by atoms with E-state index in [2.05, 4.69) is 6.92 Å². The second kappa shape index (κ2) is 5.63. The molecule has 1 aromatic rings. The summed E-state index contributed by atoms with van der Waals surface area (Å²) in [6, 6.07) is 9.92. The van der Waals surface area contributed by atoms with Gasteiger partial charge in [0.15, 0.2) is 0 Å². The Bertz CT molecular complexity index is 332. The summed E-state index contributed by atoms with van der Waals surface area (Å²) in [4.78, 5) is 0. The smallest absolute Gasteiger partial charge is 0.124 e. The molecule has 2 rings (SSSR count). The van der Waals surface area contributed by atoms with E-state index >= 15 is 0 Å². The van der Waals surface area contributed by atoms with E-state index in [1.807, 2.05) is 30.3 Å². The minimum absolute atomic E-state index is 0.233. The predicted octanol–water partition coefficient (Wildman–Crippen LogP) is 4.12. The fourth-order valence-corrected chi connectivity index (χ4v) is 2.29. The average molecular weight is 236 g/mol. The molecule has 1 unspecified atom stereocenters. The van der Waals surface area contributed by atoms with Crippen molar-refractivity contribution >= 4 is 0 Å². The highest BCUT2D eigenvalue weighted by atomic mass is 19.1. The number of alkyl halides is 1. The Kier molecular flexibility index (Phi) is 4.16. The van der Waals surface area contributed by atoms with E-state index in [9.17, 15) is 4.39 Å². The molecular formula is C15H21FO. The normalized spacial score (nSPS) is 18.9. The molecule has 0 N–H and O–H groups in total. The van der Waals surface area contributed by atoms with Crippen LogP contribution in [-0.2, 0) is 11.3 Å². The number of ether oxygens (including phenoxy) is 1. The van der Waals surface area contributed by atoms with Crippen LogP contribution >= 0.6 is 0 Å².